The lowest BCUT2D eigenvalue weighted by Crippen LogP contribution is -2.57. The van der Waals surface area contributed by atoms with Gasteiger partial charge in [-0.05, 0) is 54.7 Å². The molecule has 2 aromatic carbocycles. The van der Waals surface area contributed by atoms with Gasteiger partial charge in [0.05, 0.1) is 6.04 Å². The topological polar surface area (TPSA) is 160 Å². The molecule has 45 heavy (non-hydrogen) atoms. The summed E-state index contributed by atoms with van der Waals surface area (Å²) in [7, 11) is 0. The van der Waals surface area contributed by atoms with Gasteiger partial charge in [-0.2, -0.15) is 0 Å². The molecule has 0 aliphatic heterocycles. The van der Waals surface area contributed by atoms with E-state index in [-0.39, 0.29) is 43.6 Å². The van der Waals surface area contributed by atoms with Crippen LogP contribution in [0, 0.1) is 17.8 Å². The van der Waals surface area contributed by atoms with E-state index in [1.807, 2.05) is 59.7 Å². The van der Waals surface area contributed by atoms with Crippen LogP contribution in [0.3, 0.4) is 0 Å². The molecule has 4 N–H and O–H groups in total. The number of amides is 4. The monoisotopic (exact) mass is 622 g/mol. The molecule has 4 amide bonds. The first kappa shape index (κ1) is 36.7. The Hall–Kier alpha value is -4.54. The van der Waals surface area contributed by atoms with E-state index in [1.54, 1.807) is 42.5 Å². The zero-order valence-electron chi connectivity index (χ0n) is 26.9. The van der Waals surface area contributed by atoms with E-state index < -0.39 is 53.5 Å². The number of carbonyl (C=O) groups excluding carboxylic acids is 6. The van der Waals surface area contributed by atoms with Crippen molar-refractivity contribution < 1.29 is 33.5 Å². The third kappa shape index (κ3) is 13.3. The fourth-order valence-corrected chi connectivity index (χ4v) is 4.54. The van der Waals surface area contributed by atoms with Crippen LogP contribution in [-0.4, -0.2) is 53.5 Å². The molecule has 3 atom stereocenters. The highest BCUT2D eigenvalue weighted by Gasteiger charge is 2.35. The number of hydrogen-bond acceptors (Lipinski definition) is 7. The summed E-state index contributed by atoms with van der Waals surface area (Å²) in [5.74, 6) is -4.84. The molecule has 0 spiro atoms. The van der Waals surface area contributed by atoms with E-state index in [4.69, 9.17) is 4.74 Å². The van der Waals surface area contributed by atoms with Crippen molar-refractivity contribution in [1.82, 2.24) is 16.0 Å². The maximum Gasteiger partial charge on any atom is 0.408 e. The van der Waals surface area contributed by atoms with Gasteiger partial charge in [0.1, 0.15) is 18.7 Å². The lowest BCUT2D eigenvalue weighted by atomic mass is 9.96. The predicted octanol–water partition coefficient (Wildman–Crippen LogP) is 4.17. The Labute approximate surface area is 265 Å². The minimum atomic E-state index is -1.29. The minimum Gasteiger partial charge on any atom is -0.445 e. The fourth-order valence-electron chi connectivity index (χ4n) is 4.54. The Morgan fingerprint density at radius 1 is 0.600 bits per heavy atom. The third-order valence-electron chi connectivity index (χ3n) is 6.67. The molecule has 2 aromatic rings. The molecule has 11 heteroatoms. The average molecular weight is 623 g/mol. The number of ether oxygens (including phenoxy) is 1. The van der Waals surface area contributed by atoms with Crippen LogP contribution in [0.5, 0.6) is 0 Å². The Morgan fingerprint density at radius 3 is 1.56 bits per heavy atom. The van der Waals surface area contributed by atoms with Crippen LogP contribution in [-0.2, 0) is 35.3 Å². The number of carbonyl (C=O) groups is 6. The highest BCUT2D eigenvalue weighted by Crippen LogP contribution is 2.13. The first-order valence-electron chi connectivity index (χ1n) is 15.3. The summed E-state index contributed by atoms with van der Waals surface area (Å²) in [5.41, 5.74) is 1.13. The first-order chi connectivity index (χ1) is 21.3. The molecule has 0 fully saturated rings. The van der Waals surface area contributed by atoms with Crippen molar-refractivity contribution in [2.24, 2.45) is 17.8 Å². The zero-order valence-corrected chi connectivity index (χ0v) is 26.9. The van der Waals surface area contributed by atoms with Gasteiger partial charge < -0.3 is 26.0 Å². The predicted molar refractivity (Wildman–Crippen MR) is 171 cm³/mol. The maximum atomic E-state index is 13.5. The molecule has 0 saturated heterocycles. The van der Waals surface area contributed by atoms with Gasteiger partial charge in [-0.1, -0.05) is 90.1 Å². The van der Waals surface area contributed by atoms with Crippen molar-refractivity contribution in [2.75, 3.05) is 5.32 Å². The molecule has 0 aliphatic rings. The van der Waals surface area contributed by atoms with Crippen LogP contribution < -0.4 is 21.3 Å². The Kier molecular flexibility index (Phi) is 14.9. The smallest absolute Gasteiger partial charge is 0.408 e. The quantitative estimate of drug-likeness (QED) is 0.152. The molecule has 11 nitrogen and oxygen atoms in total. The van der Waals surface area contributed by atoms with Crippen molar-refractivity contribution in [3.8, 4) is 0 Å². The van der Waals surface area contributed by atoms with Crippen LogP contribution in [0.25, 0.3) is 0 Å². The highest BCUT2D eigenvalue weighted by atomic mass is 16.5. The van der Waals surface area contributed by atoms with Crippen LogP contribution in [0.15, 0.2) is 60.7 Å². The van der Waals surface area contributed by atoms with Crippen molar-refractivity contribution in [2.45, 2.75) is 85.5 Å². The van der Waals surface area contributed by atoms with Crippen molar-refractivity contribution in [3.63, 3.8) is 0 Å². The number of rotatable bonds is 17. The van der Waals surface area contributed by atoms with E-state index in [0.717, 1.165) is 5.56 Å². The minimum absolute atomic E-state index is 0.0219. The number of benzene rings is 2. The number of hydrogen-bond donors (Lipinski definition) is 4. The van der Waals surface area contributed by atoms with Gasteiger partial charge in [0.15, 0.2) is 0 Å². The van der Waals surface area contributed by atoms with Gasteiger partial charge in [-0.25, -0.2) is 4.79 Å². The summed E-state index contributed by atoms with van der Waals surface area (Å²) in [6.07, 6.45) is -0.182. The second-order valence-corrected chi connectivity index (χ2v) is 12.3. The Morgan fingerprint density at radius 2 is 1.04 bits per heavy atom. The van der Waals surface area contributed by atoms with Crippen molar-refractivity contribution in [1.29, 1.82) is 0 Å². The molecule has 0 aliphatic carbocycles. The third-order valence-corrected chi connectivity index (χ3v) is 6.67. The van der Waals surface area contributed by atoms with Crippen molar-refractivity contribution >= 4 is 41.1 Å². The number of para-hydroxylation sites is 1. The number of ketones is 2. The van der Waals surface area contributed by atoms with Gasteiger partial charge >= 0.3 is 6.09 Å². The van der Waals surface area contributed by atoms with Gasteiger partial charge in [0.25, 0.3) is 11.7 Å². The van der Waals surface area contributed by atoms with E-state index in [1.165, 1.54) is 0 Å². The second-order valence-electron chi connectivity index (χ2n) is 12.3. The van der Waals surface area contributed by atoms with E-state index >= 15 is 0 Å². The van der Waals surface area contributed by atoms with Gasteiger partial charge in [-0.15, -0.1) is 0 Å². The SMILES string of the molecule is CC(C)C[C@H](NC(=O)OCc1ccccc1)C(=O)N[C@@H](CC(C)C)C(=O)N[C@@H](CC(C)C)C(=O)C(=O)C(=O)Nc1ccccc1. The number of Topliss-reactive ketones (excluding diaryl/α,β-unsaturated/α-hetero) is 2. The van der Waals surface area contributed by atoms with Gasteiger partial charge in [0.2, 0.25) is 17.6 Å². The summed E-state index contributed by atoms with van der Waals surface area (Å²) in [6.45, 7) is 11.2. The largest absolute Gasteiger partial charge is 0.445 e. The Balaban J connectivity index is 2.15. The number of nitrogens with one attached hydrogen (secondary N) is 4. The molecular formula is C34H46N4O7. The van der Waals surface area contributed by atoms with Crippen LogP contribution in [0.1, 0.15) is 66.4 Å². The highest BCUT2D eigenvalue weighted by molar-refractivity contribution is 6.66. The molecule has 0 bridgehead atoms. The Bertz CT molecular complexity index is 1300. The molecule has 244 valence electrons. The number of alkyl carbamates (subject to hydrolysis) is 1. The van der Waals surface area contributed by atoms with Crippen LogP contribution >= 0.6 is 0 Å². The van der Waals surface area contributed by atoms with Crippen molar-refractivity contribution in [3.05, 3.63) is 66.2 Å². The van der Waals surface area contributed by atoms with E-state index in [0.29, 0.717) is 5.69 Å². The lowest BCUT2D eigenvalue weighted by molar-refractivity contribution is -0.144. The second kappa shape index (κ2) is 18.3. The van der Waals surface area contributed by atoms with E-state index in [9.17, 15) is 28.8 Å². The molecule has 0 unspecified atom stereocenters. The standard InChI is InChI=1S/C34H46N4O7/c1-21(2)17-26(29(39)30(40)33(43)35-25-15-11-8-12-16-25)36-31(41)27(18-22(3)4)37-32(42)28(19-23(5)6)38-34(44)45-20-24-13-9-7-10-14-24/h7-16,21-23,26-28H,17-20H2,1-6H3,(H,35,43)(H,36,41)(H,37,42)(H,38,44)/t26-,27-,28-/m0/s1. The molecule has 0 heterocycles. The van der Waals surface area contributed by atoms with Crippen LogP contribution in [0.4, 0.5) is 10.5 Å². The summed E-state index contributed by atoms with van der Waals surface area (Å²) in [6, 6.07) is 14.0. The summed E-state index contributed by atoms with van der Waals surface area (Å²) in [5, 5.41) is 10.3. The lowest BCUT2D eigenvalue weighted by Gasteiger charge is -2.27. The molecule has 2 rings (SSSR count). The summed E-state index contributed by atoms with van der Waals surface area (Å²) < 4.78 is 5.29. The molecular weight excluding hydrogens is 576 g/mol. The average Bonchev–Trinajstić information content (AvgIpc) is 2.98. The molecule has 0 saturated carbocycles. The fraction of sp³-hybridized carbons (Fsp3) is 0.471. The summed E-state index contributed by atoms with van der Waals surface area (Å²) in [4.78, 5) is 78.0. The summed E-state index contributed by atoms with van der Waals surface area (Å²) >= 11 is 0. The normalized spacial score (nSPS) is 13.0. The van der Waals surface area contributed by atoms with Gasteiger partial charge in [0, 0.05) is 5.69 Å². The first-order valence-corrected chi connectivity index (χ1v) is 15.3. The molecule has 0 aromatic heterocycles. The number of anilines is 1. The van der Waals surface area contributed by atoms with Gasteiger partial charge in [-0.3, -0.25) is 24.0 Å². The van der Waals surface area contributed by atoms with E-state index in [2.05, 4.69) is 21.3 Å². The molecule has 0 radical (unpaired) electrons. The maximum absolute atomic E-state index is 13.5. The van der Waals surface area contributed by atoms with Crippen LogP contribution in [0.2, 0.25) is 0 Å². The zero-order chi connectivity index (χ0) is 33.5.